The zero-order valence-electron chi connectivity index (χ0n) is 13.6. The minimum Gasteiger partial charge on any atom is -0.330 e. The van der Waals surface area contributed by atoms with Crippen LogP contribution in [0.2, 0.25) is 0 Å². The van der Waals surface area contributed by atoms with Gasteiger partial charge in [0.15, 0.2) is 4.34 Å². The van der Waals surface area contributed by atoms with Gasteiger partial charge < -0.3 is 5.32 Å². The molecule has 0 aliphatic heterocycles. The van der Waals surface area contributed by atoms with Crippen molar-refractivity contribution in [3.63, 3.8) is 0 Å². The maximum atomic E-state index is 13.4. The third kappa shape index (κ3) is 3.91. The molecule has 2 heterocycles. The molecule has 0 fully saturated rings. The van der Waals surface area contributed by atoms with E-state index in [2.05, 4.69) is 20.5 Å². The number of para-hydroxylation sites is 2. The highest BCUT2D eigenvalue weighted by Crippen LogP contribution is 2.32. The summed E-state index contributed by atoms with van der Waals surface area (Å²) in [5.74, 6) is 0.194. The number of aromatic nitrogens is 4. The standard InChI is InChI=1S/C17H12F3N5S2/c18-10-5-7-11(8-6-10)21-16-23-24-17(27-16)26-9-14-22-12-3-1-2-4-13(12)25(14)15(19)20/h1-8,15H,9H2,(H,21,23). The van der Waals surface area contributed by atoms with Crippen molar-refractivity contribution in [3.8, 4) is 0 Å². The minimum absolute atomic E-state index is 0.240. The van der Waals surface area contributed by atoms with Gasteiger partial charge in [0.1, 0.15) is 11.6 Å². The van der Waals surface area contributed by atoms with Crippen LogP contribution in [-0.2, 0) is 5.75 Å². The zero-order chi connectivity index (χ0) is 18.8. The fourth-order valence-electron chi connectivity index (χ4n) is 2.52. The van der Waals surface area contributed by atoms with E-state index >= 15 is 0 Å². The number of nitrogens with zero attached hydrogens (tertiary/aromatic N) is 4. The lowest BCUT2D eigenvalue weighted by atomic mass is 10.3. The van der Waals surface area contributed by atoms with Crippen LogP contribution in [0.25, 0.3) is 11.0 Å². The smallest absolute Gasteiger partial charge is 0.320 e. The summed E-state index contributed by atoms with van der Waals surface area (Å²) in [5, 5.41) is 11.6. The summed E-state index contributed by atoms with van der Waals surface area (Å²) in [5.41, 5.74) is 1.62. The fourth-order valence-corrected chi connectivity index (χ4v) is 4.22. The molecule has 0 bridgehead atoms. The Hall–Kier alpha value is -2.59. The van der Waals surface area contributed by atoms with Gasteiger partial charge in [0, 0.05) is 5.69 Å². The van der Waals surface area contributed by atoms with Crippen molar-refractivity contribution in [1.29, 1.82) is 0 Å². The Morgan fingerprint density at radius 2 is 1.85 bits per heavy atom. The maximum absolute atomic E-state index is 13.4. The third-order valence-corrected chi connectivity index (χ3v) is 5.66. The second-order valence-electron chi connectivity index (χ2n) is 5.46. The average Bonchev–Trinajstić information content (AvgIpc) is 3.25. The van der Waals surface area contributed by atoms with Crippen LogP contribution in [0, 0.1) is 5.82 Å². The Kier molecular flexibility index (Phi) is 4.99. The van der Waals surface area contributed by atoms with Gasteiger partial charge in [0.2, 0.25) is 5.13 Å². The molecule has 4 rings (SSSR count). The topological polar surface area (TPSA) is 55.6 Å². The van der Waals surface area contributed by atoms with Gasteiger partial charge >= 0.3 is 6.55 Å². The summed E-state index contributed by atoms with van der Waals surface area (Å²) >= 11 is 2.57. The summed E-state index contributed by atoms with van der Waals surface area (Å²) in [6.45, 7) is -2.67. The lowest BCUT2D eigenvalue weighted by Crippen LogP contribution is -2.03. The summed E-state index contributed by atoms with van der Waals surface area (Å²) < 4.78 is 41.4. The van der Waals surface area contributed by atoms with E-state index in [1.807, 2.05) is 0 Å². The highest BCUT2D eigenvalue weighted by molar-refractivity contribution is 8.00. The van der Waals surface area contributed by atoms with Crippen LogP contribution in [-0.4, -0.2) is 19.7 Å². The zero-order valence-corrected chi connectivity index (χ0v) is 15.3. The van der Waals surface area contributed by atoms with Crippen molar-refractivity contribution in [1.82, 2.24) is 19.7 Å². The first-order chi connectivity index (χ1) is 13.1. The molecule has 1 N–H and O–H groups in total. The van der Waals surface area contributed by atoms with Crippen LogP contribution in [0.3, 0.4) is 0 Å². The van der Waals surface area contributed by atoms with Crippen LogP contribution in [0.15, 0.2) is 52.9 Å². The van der Waals surface area contributed by atoms with Crippen LogP contribution in [0.4, 0.5) is 24.0 Å². The molecule has 138 valence electrons. The number of halogens is 3. The van der Waals surface area contributed by atoms with Crippen molar-refractivity contribution in [3.05, 3.63) is 60.2 Å². The van der Waals surface area contributed by atoms with E-state index in [0.29, 0.717) is 26.2 Å². The van der Waals surface area contributed by atoms with Crippen LogP contribution in [0.1, 0.15) is 12.4 Å². The Balaban J connectivity index is 1.48. The number of nitrogens with one attached hydrogen (secondary N) is 1. The molecule has 2 aromatic carbocycles. The third-order valence-electron chi connectivity index (χ3n) is 3.69. The quantitative estimate of drug-likeness (QED) is 0.430. The van der Waals surface area contributed by atoms with Gasteiger partial charge in [-0.25, -0.2) is 9.37 Å². The van der Waals surface area contributed by atoms with Crippen LogP contribution < -0.4 is 5.32 Å². The SMILES string of the molecule is Fc1ccc(Nc2nnc(SCc3nc4ccccc4n3C(F)F)s2)cc1. The van der Waals surface area contributed by atoms with Gasteiger partial charge in [0.05, 0.1) is 16.8 Å². The number of rotatable bonds is 6. The first kappa shape index (κ1) is 17.8. The van der Waals surface area contributed by atoms with Gasteiger partial charge in [-0.2, -0.15) is 8.78 Å². The van der Waals surface area contributed by atoms with E-state index in [9.17, 15) is 13.2 Å². The molecule has 0 amide bonds. The van der Waals surface area contributed by atoms with E-state index in [-0.39, 0.29) is 17.4 Å². The second-order valence-corrected chi connectivity index (χ2v) is 7.66. The van der Waals surface area contributed by atoms with Crippen molar-refractivity contribution in [2.24, 2.45) is 0 Å². The number of imidazole rings is 1. The molecular formula is C17H12F3N5S2. The number of benzene rings is 2. The lowest BCUT2D eigenvalue weighted by molar-refractivity contribution is 0.0722. The van der Waals surface area contributed by atoms with Crippen molar-refractivity contribution >= 4 is 45.0 Å². The second kappa shape index (κ2) is 7.57. The first-order valence-corrected chi connectivity index (χ1v) is 9.63. The first-order valence-electron chi connectivity index (χ1n) is 7.83. The molecule has 0 unspecified atom stereocenters. The fraction of sp³-hybridized carbons (Fsp3) is 0.118. The monoisotopic (exact) mass is 407 g/mol. The van der Waals surface area contributed by atoms with E-state index < -0.39 is 6.55 Å². The molecule has 0 aliphatic rings. The molecule has 0 aliphatic carbocycles. The van der Waals surface area contributed by atoms with Gasteiger partial charge in [0.25, 0.3) is 0 Å². The molecule has 4 aromatic rings. The van der Waals surface area contributed by atoms with Gasteiger partial charge in [-0.3, -0.25) is 4.57 Å². The van der Waals surface area contributed by atoms with E-state index in [1.54, 1.807) is 36.4 Å². The molecule has 0 spiro atoms. The van der Waals surface area contributed by atoms with Gasteiger partial charge in [-0.05, 0) is 36.4 Å². The number of hydrogen-bond acceptors (Lipinski definition) is 6. The highest BCUT2D eigenvalue weighted by atomic mass is 32.2. The summed E-state index contributed by atoms with van der Waals surface area (Å²) in [6, 6.07) is 12.7. The molecule has 0 saturated heterocycles. The predicted molar refractivity (Wildman–Crippen MR) is 100 cm³/mol. The highest BCUT2D eigenvalue weighted by Gasteiger charge is 2.18. The Morgan fingerprint density at radius 1 is 1.07 bits per heavy atom. The summed E-state index contributed by atoms with van der Waals surface area (Å²) in [6.07, 6.45) is 0. The number of alkyl halides is 2. The Morgan fingerprint density at radius 3 is 2.63 bits per heavy atom. The molecule has 5 nitrogen and oxygen atoms in total. The molecular weight excluding hydrogens is 395 g/mol. The number of anilines is 2. The van der Waals surface area contributed by atoms with Crippen LogP contribution >= 0.6 is 23.1 Å². The van der Waals surface area contributed by atoms with Crippen molar-refractivity contribution < 1.29 is 13.2 Å². The molecule has 0 atom stereocenters. The molecule has 27 heavy (non-hydrogen) atoms. The number of thioether (sulfide) groups is 1. The van der Waals surface area contributed by atoms with Crippen LogP contribution in [0.5, 0.6) is 0 Å². The summed E-state index contributed by atoms with van der Waals surface area (Å²) in [7, 11) is 0. The van der Waals surface area contributed by atoms with Gasteiger partial charge in [-0.1, -0.05) is 35.2 Å². The van der Waals surface area contributed by atoms with Gasteiger partial charge in [-0.15, -0.1) is 10.2 Å². The normalized spacial score (nSPS) is 11.4. The summed E-state index contributed by atoms with van der Waals surface area (Å²) in [4.78, 5) is 4.30. The maximum Gasteiger partial charge on any atom is 0.320 e. The van der Waals surface area contributed by atoms with E-state index in [4.69, 9.17) is 0 Å². The Labute approximate surface area is 160 Å². The van der Waals surface area contributed by atoms with Crippen molar-refractivity contribution in [2.45, 2.75) is 16.6 Å². The Bertz CT molecular complexity index is 1060. The minimum atomic E-state index is -2.67. The number of fused-ring (bicyclic) bond motifs is 1. The molecule has 0 radical (unpaired) electrons. The lowest BCUT2D eigenvalue weighted by Gasteiger charge is -2.06. The number of hydrogen-bond donors (Lipinski definition) is 1. The van der Waals surface area contributed by atoms with Crippen molar-refractivity contribution in [2.75, 3.05) is 5.32 Å². The average molecular weight is 407 g/mol. The molecule has 10 heteroatoms. The molecule has 0 saturated carbocycles. The molecule has 2 aromatic heterocycles. The van der Waals surface area contributed by atoms with E-state index in [0.717, 1.165) is 4.57 Å². The largest absolute Gasteiger partial charge is 0.330 e. The predicted octanol–water partition coefficient (Wildman–Crippen LogP) is 5.46. The van der Waals surface area contributed by atoms with E-state index in [1.165, 1.54) is 35.2 Å².